The van der Waals surface area contributed by atoms with Gasteiger partial charge in [-0.15, -0.1) is 0 Å². The fraction of sp³-hybridized carbons (Fsp3) is 0.300. The molecule has 0 aliphatic carbocycles. The predicted molar refractivity (Wildman–Crippen MR) is 108 cm³/mol. The average Bonchev–Trinajstić information content (AvgIpc) is 2.64. The molecule has 0 aliphatic rings. The summed E-state index contributed by atoms with van der Waals surface area (Å²) in [6, 6.07) is 13.0. The van der Waals surface area contributed by atoms with E-state index in [-0.39, 0.29) is 13.6 Å². The van der Waals surface area contributed by atoms with Gasteiger partial charge in [-0.25, -0.2) is 0 Å². The molecule has 0 amide bonds. The van der Waals surface area contributed by atoms with Gasteiger partial charge in [0.05, 0.1) is 11.6 Å². The number of benzene rings is 2. The van der Waals surface area contributed by atoms with Crippen molar-refractivity contribution in [3.05, 3.63) is 58.7 Å². The molecule has 0 fully saturated rings. The summed E-state index contributed by atoms with van der Waals surface area (Å²) in [5.41, 5.74) is 9.00. The molecule has 0 radical (unpaired) electrons. The zero-order chi connectivity index (χ0) is 20.2. The number of nitriles is 1. The third-order valence-electron chi connectivity index (χ3n) is 3.20. The summed E-state index contributed by atoms with van der Waals surface area (Å²) in [4.78, 5) is 0.371. The van der Waals surface area contributed by atoms with Crippen molar-refractivity contribution in [2.24, 2.45) is 5.73 Å². The molecular formula is C20H24N2O4S. The minimum absolute atomic E-state index is 0.203. The maximum Gasteiger partial charge on any atom is 0.188 e. The molecular weight excluding hydrogens is 364 g/mol. The van der Waals surface area contributed by atoms with E-state index in [4.69, 9.17) is 42.2 Å². The molecule has 0 atom stereocenters. The van der Waals surface area contributed by atoms with Gasteiger partial charge in [-0.2, -0.15) is 5.26 Å². The second-order valence-corrected chi connectivity index (χ2v) is 6.09. The SMILES string of the molecule is COCOc1cc(C)cc(C#N)c1.COCOc1cc(C)cc(C(N)=S)c1. The molecule has 144 valence electrons. The molecule has 27 heavy (non-hydrogen) atoms. The molecule has 0 unspecified atom stereocenters. The second-order valence-electron chi connectivity index (χ2n) is 5.65. The lowest BCUT2D eigenvalue weighted by molar-refractivity contribution is 0.0509. The van der Waals surface area contributed by atoms with Gasteiger partial charge in [-0.1, -0.05) is 12.2 Å². The summed E-state index contributed by atoms with van der Waals surface area (Å²) in [6.45, 7) is 4.30. The zero-order valence-corrected chi connectivity index (χ0v) is 16.8. The van der Waals surface area contributed by atoms with Gasteiger partial charge < -0.3 is 24.7 Å². The number of hydrogen-bond donors (Lipinski definition) is 1. The van der Waals surface area contributed by atoms with E-state index in [9.17, 15) is 0 Å². The minimum Gasteiger partial charge on any atom is -0.468 e. The maximum atomic E-state index is 8.68. The first kappa shape index (κ1) is 22.4. The molecule has 7 heteroatoms. The van der Waals surface area contributed by atoms with E-state index in [0.717, 1.165) is 22.4 Å². The Morgan fingerprint density at radius 1 is 0.926 bits per heavy atom. The third kappa shape index (κ3) is 8.51. The molecule has 2 aromatic rings. The van der Waals surface area contributed by atoms with Crippen LogP contribution in [-0.2, 0) is 9.47 Å². The van der Waals surface area contributed by atoms with Crippen molar-refractivity contribution in [1.82, 2.24) is 0 Å². The van der Waals surface area contributed by atoms with Gasteiger partial charge in [0.25, 0.3) is 0 Å². The van der Waals surface area contributed by atoms with Crippen LogP contribution in [0.1, 0.15) is 22.3 Å². The molecule has 6 nitrogen and oxygen atoms in total. The normalized spacial score (nSPS) is 9.59. The fourth-order valence-electron chi connectivity index (χ4n) is 2.12. The molecule has 2 N–H and O–H groups in total. The van der Waals surface area contributed by atoms with Crippen LogP contribution in [0, 0.1) is 25.2 Å². The van der Waals surface area contributed by atoms with Crippen LogP contribution in [0.15, 0.2) is 36.4 Å². The van der Waals surface area contributed by atoms with Crippen molar-refractivity contribution in [2.45, 2.75) is 13.8 Å². The predicted octanol–water partition coefficient (Wildman–Crippen LogP) is 3.46. The van der Waals surface area contributed by atoms with Crippen LogP contribution in [0.5, 0.6) is 11.5 Å². The summed E-state index contributed by atoms with van der Waals surface area (Å²) >= 11 is 4.88. The van der Waals surface area contributed by atoms with E-state index in [0.29, 0.717) is 16.3 Å². The van der Waals surface area contributed by atoms with Crippen LogP contribution in [0.3, 0.4) is 0 Å². The third-order valence-corrected chi connectivity index (χ3v) is 3.44. The van der Waals surface area contributed by atoms with Crippen molar-refractivity contribution >= 4 is 17.2 Å². The van der Waals surface area contributed by atoms with Crippen molar-refractivity contribution < 1.29 is 18.9 Å². The van der Waals surface area contributed by atoms with E-state index < -0.39 is 0 Å². The summed E-state index contributed by atoms with van der Waals surface area (Å²) in [6.07, 6.45) is 0. The van der Waals surface area contributed by atoms with Gasteiger partial charge in [0.15, 0.2) is 13.6 Å². The highest BCUT2D eigenvalue weighted by Gasteiger charge is 2.01. The van der Waals surface area contributed by atoms with Crippen molar-refractivity contribution in [3.8, 4) is 17.6 Å². The quantitative estimate of drug-likeness (QED) is 0.574. The van der Waals surface area contributed by atoms with Gasteiger partial charge in [0, 0.05) is 19.8 Å². The number of nitrogens with zero attached hydrogens (tertiary/aromatic N) is 1. The highest BCUT2D eigenvalue weighted by molar-refractivity contribution is 7.80. The number of hydrogen-bond acceptors (Lipinski definition) is 6. The molecule has 0 bridgehead atoms. The smallest absolute Gasteiger partial charge is 0.188 e. The monoisotopic (exact) mass is 388 g/mol. The van der Waals surface area contributed by atoms with Gasteiger partial charge in [-0.3, -0.25) is 0 Å². The van der Waals surface area contributed by atoms with E-state index in [1.54, 1.807) is 32.4 Å². The lowest BCUT2D eigenvalue weighted by atomic mass is 10.1. The first-order valence-corrected chi connectivity index (χ1v) is 8.47. The van der Waals surface area contributed by atoms with Crippen LogP contribution in [0.25, 0.3) is 0 Å². The molecule has 2 aromatic carbocycles. The van der Waals surface area contributed by atoms with E-state index in [1.807, 2.05) is 32.0 Å². The number of rotatable bonds is 7. The Labute approximate surface area is 165 Å². The van der Waals surface area contributed by atoms with E-state index in [2.05, 4.69) is 6.07 Å². The summed E-state index contributed by atoms with van der Waals surface area (Å²) in [5.74, 6) is 1.38. The first-order valence-electron chi connectivity index (χ1n) is 8.06. The first-order chi connectivity index (χ1) is 12.9. The highest BCUT2D eigenvalue weighted by atomic mass is 32.1. The van der Waals surface area contributed by atoms with Gasteiger partial charge in [0.1, 0.15) is 16.5 Å². The van der Waals surface area contributed by atoms with Crippen molar-refractivity contribution in [3.63, 3.8) is 0 Å². The number of thiocarbonyl (C=S) groups is 1. The minimum atomic E-state index is 0.203. The lowest BCUT2D eigenvalue weighted by Gasteiger charge is -2.07. The fourth-order valence-corrected chi connectivity index (χ4v) is 2.24. The number of nitrogens with two attached hydrogens (primary N) is 1. The molecule has 0 aromatic heterocycles. The topological polar surface area (TPSA) is 86.7 Å². The van der Waals surface area contributed by atoms with Gasteiger partial charge in [-0.05, 0) is 61.4 Å². The molecule has 0 aliphatic heterocycles. The second kappa shape index (κ2) is 11.9. The van der Waals surface area contributed by atoms with E-state index in [1.165, 1.54) is 0 Å². The molecule has 0 saturated heterocycles. The zero-order valence-electron chi connectivity index (χ0n) is 15.9. The summed E-state index contributed by atoms with van der Waals surface area (Å²) < 4.78 is 20.0. The average molecular weight is 388 g/mol. The number of methoxy groups -OCH3 is 2. The Hall–Kier alpha value is -2.66. The summed E-state index contributed by atoms with van der Waals surface area (Å²) in [5, 5.41) is 8.68. The Morgan fingerprint density at radius 3 is 1.93 bits per heavy atom. The standard InChI is InChI=1S/C10H13NO2S.C10H11NO2/c1-7-3-8(10(11)14)5-9(4-7)13-6-12-2;1-8-3-9(6-11)5-10(4-8)13-7-12-2/h3-5H,6H2,1-2H3,(H2,11,14);3-5H,7H2,1-2H3. The van der Waals surface area contributed by atoms with Gasteiger partial charge in [0.2, 0.25) is 0 Å². The molecule has 2 rings (SSSR count). The lowest BCUT2D eigenvalue weighted by Crippen LogP contribution is -2.10. The molecule has 0 spiro atoms. The van der Waals surface area contributed by atoms with Crippen LogP contribution >= 0.6 is 12.2 Å². The van der Waals surface area contributed by atoms with Crippen molar-refractivity contribution in [2.75, 3.05) is 27.8 Å². The van der Waals surface area contributed by atoms with Crippen LogP contribution < -0.4 is 15.2 Å². The number of ether oxygens (including phenoxy) is 4. The van der Waals surface area contributed by atoms with Crippen LogP contribution in [-0.4, -0.2) is 32.8 Å². The van der Waals surface area contributed by atoms with Gasteiger partial charge >= 0.3 is 0 Å². The molecule has 0 heterocycles. The number of aryl methyl sites for hydroxylation is 2. The Kier molecular flexibility index (Phi) is 9.83. The largest absolute Gasteiger partial charge is 0.468 e. The Bertz CT molecular complexity index is 803. The molecule has 0 saturated carbocycles. The highest BCUT2D eigenvalue weighted by Crippen LogP contribution is 2.17. The van der Waals surface area contributed by atoms with E-state index >= 15 is 0 Å². The maximum absolute atomic E-state index is 8.68. The Morgan fingerprint density at radius 2 is 1.44 bits per heavy atom. The van der Waals surface area contributed by atoms with Crippen LogP contribution in [0.2, 0.25) is 0 Å². The van der Waals surface area contributed by atoms with Crippen LogP contribution in [0.4, 0.5) is 0 Å². The Balaban J connectivity index is 0.000000271. The van der Waals surface area contributed by atoms with Crippen molar-refractivity contribution in [1.29, 1.82) is 5.26 Å². The summed E-state index contributed by atoms with van der Waals surface area (Å²) in [7, 11) is 3.13.